The van der Waals surface area contributed by atoms with E-state index in [0.29, 0.717) is 5.89 Å². The minimum atomic E-state index is -0.654. The number of fused-ring (bicyclic) bond motifs is 7. The van der Waals surface area contributed by atoms with Gasteiger partial charge in [0.25, 0.3) is 0 Å². The van der Waals surface area contributed by atoms with Gasteiger partial charge >= 0.3 is 0 Å². The number of carbonyl (C=O) groups is 2. The number of aromatic nitrogens is 2. The second-order valence-electron chi connectivity index (χ2n) is 16.5. The number of hydrogen-bond acceptors (Lipinski definition) is 6. The lowest BCUT2D eigenvalue weighted by Gasteiger charge is -2.68. The van der Waals surface area contributed by atoms with Crippen molar-refractivity contribution in [1.29, 1.82) is 5.26 Å². The lowest BCUT2D eigenvalue weighted by atomic mass is 9.34. The summed E-state index contributed by atoms with van der Waals surface area (Å²) in [4.78, 5) is 28.0. The van der Waals surface area contributed by atoms with Gasteiger partial charge in [-0.1, -0.05) is 74.0 Å². The molecule has 3 saturated carbocycles. The Labute approximate surface area is 245 Å². The first-order chi connectivity index (χ1) is 19.0. The predicted octanol–water partition coefficient (Wildman–Crippen LogP) is 7.66. The molecule has 7 atom stereocenters. The fourth-order valence-corrected chi connectivity index (χ4v) is 10.7. The average molecular weight is 558 g/mol. The molecule has 0 aliphatic heterocycles. The second kappa shape index (κ2) is 8.51. The predicted molar refractivity (Wildman–Crippen MR) is 157 cm³/mol. The molecule has 1 aromatic heterocycles. The van der Waals surface area contributed by atoms with Crippen LogP contribution >= 0.6 is 0 Å². The third-order valence-corrected chi connectivity index (χ3v) is 13.2. The van der Waals surface area contributed by atoms with E-state index in [1.165, 1.54) is 0 Å². The second-order valence-corrected chi connectivity index (χ2v) is 16.5. The Balaban J connectivity index is 1.52. The van der Waals surface area contributed by atoms with Crippen molar-refractivity contribution in [3.63, 3.8) is 0 Å². The van der Waals surface area contributed by atoms with Crippen molar-refractivity contribution in [3.05, 3.63) is 35.1 Å². The van der Waals surface area contributed by atoms with Gasteiger partial charge in [0.1, 0.15) is 6.07 Å². The van der Waals surface area contributed by atoms with Crippen LogP contribution in [0.15, 0.2) is 27.7 Å². The smallest absolute Gasteiger partial charge is 0.222 e. The van der Waals surface area contributed by atoms with Crippen molar-refractivity contribution < 1.29 is 14.0 Å². The van der Waals surface area contributed by atoms with Crippen LogP contribution in [-0.4, -0.2) is 21.8 Å². The van der Waals surface area contributed by atoms with Gasteiger partial charge in [0.05, 0.1) is 11.0 Å². The molecule has 3 unspecified atom stereocenters. The maximum absolute atomic E-state index is 14.7. The summed E-state index contributed by atoms with van der Waals surface area (Å²) in [7, 11) is 0. The minimum absolute atomic E-state index is 0.0519. The first-order valence-corrected chi connectivity index (χ1v) is 15.7. The summed E-state index contributed by atoms with van der Waals surface area (Å²) < 4.78 is 6.42. The molecule has 1 aromatic rings. The number of allylic oxidation sites excluding steroid dienone is 4. The molecule has 6 nitrogen and oxygen atoms in total. The van der Waals surface area contributed by atoms with E-state index >= 15 is 0 Å². The quantitative estimate of drug-likeness (QED) is 0.370. The highest BCUT2D eigenvalue weighted by molar-refractivity contribution is 6.04. The summed E-state index contributed by atoms with van der Waals surface area (Å²) in [5.74, 6) is 1.75. The zero-order valence-electron chi connectivity index (χ0n) is 26.5. The number of Topliss-reactive ketones (excluding diaryl/α,β-unsaturated/α-hetero) is 1. The van der Waals surface area contributed by atoms with Crippen LogP contribution in [0.3, 0.4) is 0 Å². The van der Waals surface area contributed by atoms with Gasteiger partial charge in [-0.3, -0.25) is 9.59 Å². The van der Waals surface area contributed by atoms with Crippen molar-refractivity contribution in [2.45, 2.75) is 119 Å². The summed E-state index contributed by atoms with van der Waals surface area (Å²) in [6, 6.07) is 2.21. The van der Waals surface area contributed by atoms with Gasteiger partial charge in [-0.15, -0.1) is 10.2 Å². The molecule has 0 saturated heterocycles. The number of nitrogens with zero attached hydrogens (tertiary/aromatic N) is 3. The lowest BCUT2D eigenvalue weighted by Crippen LogP contribution is -2.65. The molecule has 0 amide bonds. The molecule has 5 aliphatic carbocycles. The highest BCUT2D eigenvalue weighted by atomic mass is 16.4. The van der Waals surface area contributed by atoms with Gasteiger partial charge in [-0.25, -0.2) is 0 Å². The molecular formula is C35H47N3O3. The molecule has 0 radical (unpaired) electrons. The summed E-state index contributed by atoms with van der Waals surface area (Å²) in [5, 5.41) is 19.1. The summed E-state index contributed by atoms with van der Waals surface area (Å²) in [6.07, 6.45) is 10.6. The van der Waals surface area contributed by atoms with Crippen molar-refractivity contribution in [2.24, 2.45) is 44.8 Å². The Morgan fingerprint density at radius 3 is 2.29 bits per heavy atom. The molecule has 6 rings (SSSR count). The molecule has 0 bridgehead atoms. The number of nitriles is 1. The number of ketones is 2. The maximum Gasteiger partial charge on any atom is 0.222 e. The highest BCUT2D eigenvalue weighted by Gasteiger charge is 2.70. The molecular weight excluding hydrogens is 510 g/mol. The van der Waals surface area contributed by atoms with Crippen LogP contribution in [0.5, 0.6) is 0 Å². The molecule has 0 aromatic carbocycles. The van der Waals surface area contributed by atoms with Crippen molar-refractivity contribution in [2.75, 3.05) is 0 Å². The molecule has 41 heavy (non-hydrogen) atoms. The first-order valence-electron chi connectivity index (χ1n) is 15.7. The van der Waals surface area contributed by atoms with Crippen LogP contribution in [0, 0.1) is 56.2 Å². The third kappa shape index (κ3) is 3.53. The SMILES string of the molecule is CC(C)c1nnc([C@]23CCC(C)(C)CC2C2C(=O)C=C4[C@@]5(C)C=C(C#N)C(=O)C(C)(C)C5CC[C@@]4(C)[C@]2(C)CC3)o1. The van der Waals surface area contributed by atoms with Crippen LogP contribution in [-0.2, 0) is 15.0 Å². The van der Waals surface area contributed by atoms with Crippen LogP contribution in [0.1, 0.15) is 125 Å². The van der Waals surface area contributed by atoms with Crippen LogP contribution in [0.4, 0.5) is 0 Å². The first kappa shape index (κ1) is 28.6. The molecule has 1 heterocycles. The van der Waals surface area contributed by atoms with Crippen molar-refractivity contribution in [3.8, 4) is 6.07 Å². The standard InChI is InChI=1S/C35H47N3O3/c1-20(2)28-37-38-29(41-28)35-14-12-30(3,4)18-22(35)26-23(39)16-25-32(7)17-21(19-36)27(40)31(5,6)24(32)10-11-33(25,8)34(26,9)13-15-35/h16-17,20,22,24,26H,10-15,18H2,1-9H3/t22?,24?,26?,32-,33+,34+,35-/m0/s1. The summed E-state index contributed by atoms with van der Waals surface area (Å²) in [5.41, 5.74) is -0.427. The molecule has 0 N–H and O–H groups in total. The minimum Gasteiger partial charge on any atom is -0.424 e. The summed E-state index contributed by atoms with van der Waals surface area (Å²) in [6.45, 7) is 19.8. The average Bonchev–Trinajstić information content (AvgIpc) is 3.39. The van der Waals surface area contributed by atoms with Gasteiger partial charge < -0.3 is 4.42 Å². The van der Waals surface area contributed by atoms with Crippen LogP contribution in [0.2, 0.25) is 0 Å². The Kier molecular flexibility index (Phi) is 5.93. The van der Waals surface area contributed by atoms with Crippen LogP contribution in [0.25, 0.3) is 0 Å². The fourth-order valence-electron chi connectivity index (χ4n) is 10.7. The molecule has 220 valence electrons. The zero-order valence-corrected chi connectivity index (χ0v) is 26.5. The Morgan fingerprint density at radius 2 is 1.66 bits per heavy atom. The van der Waals surface area contributed by atoms with Crippen molar-refractivity contribution in [1.82, 2.24) is 10.2 Å². The third-order valence-electron chi connectivity index (χ3n) is 13.2. The number of hydrogen-bond donors (Lipinski definition) is 0. The summed E-state index contributed by atoms with van der Waals surface area (Å²) >= 11 is 0. The van der Waals surface area contributed by atoms with Crippen LogP contribution < -0.4 is 0 Å². The Bertz CT molecular complexity index is 1440. The van der Waals surface area contributed by atoms with E-state index in [1.54, 1.807) is 0 Å². The van der Waals surface area contributed by atoms with E-state index in [0.717, 1.165) is 56.4 Å². The van der Waals surface area contributed by atoms with E-state index in [2.05, 4.69) is 64.7 Å². The number of rotatable bonds is 2. The Hall–Kier alpha value is -2.55. The topological polar surface area (TPSA) is 96.9 Å². The van der Waals surface area contributed by atoms with E-state index in [4.69, 9.17) is 4.42 Å². The monoisotopic (exact) mass is 557 g/mol. The fraction of sp³-hybridized carbons (Fsp3) is 0.743. The molecule has 3 fully saturated rings. The number of carbonyl (C=O) groups excluding carboxylic acids is 2. The molecule has 5 aliphatic rings. The van der Waals surface area contributed by atoms with E-state index in [9.17, 15) is 14.9 Å². The van der Waals surface area contributed by atoms with Gasteiger partial charge in [0, 0.05) is 22.7 Å². The highest BCUT2D eigenvalue weighted by Crippen LogP contribution is 2.74. The van der Waals surface area contributed by atoms with Gasteiger partial charge in [-0.2, -0.15) is 5.26 Å². The van der Waals surface area contributed by atoms with E-state index < -0.39 is 10.8 Å². The lowest BCUT2D eigenvalue weighted by molar-refractivity contribution is -0.161. The van der Waals surface area contributed by atoms with Crippen molar-refractivity contribution >= 4 is 11.6 Å². The van der Waals surface area contributed by atoms with Gasteiger partial charge in [0.2, 0.25) is 11.8 Å². The van der Waals surface area contributed by atoms with Gasteiger partial charge in [0.15, 0.2) is 11.6 Å². The van der Waals surface area contributed by atoms with Gasteiger partial charge in [-0.05, 0) is 79.1 Å². The Morgan fingerprint density at radius 1 is 0.976 bits per heavy atom. The van der Waals surface area contributed by atoms with E-state index in [1.807, 2.05) is 26.0 Å². The normalized spacial score (nSPS) is 42.7. The molecule has 6 heteroatoms. The maximum atomic E-state index is 14.7. The van der Waals surface area contributed by atoms with E-state index in [-0.39, 0.29) is 62.5 Å². The zero-order chi connectivity index (χ0) is 30.0. The largest absolute Gasteiger partial charge is 0.424 e. The molecule has 0 spiro atoms.